The zero-order valence-corrected chi connectivity index (χ0v) is 12.0. The minimum atomic E-state index is 0.541. The zero-order valence-electron chi connectivity index (χ0n) is 12.0. The van der Waals surface area contributed by atoms with Gasteiger partial charge in [0.1, 0.15) is 14.1 Å². The summed E-state index contributed by atoms with van der Waals surface area (Å²) in [4.78, 5) is 11.1. The average Bonchev–Trinajstić information content (AvgIpc) is 2.70. The highest BCUT2D eigenvalue weighted by atomic mass is 16.1. The van der Waals surface area contributed by atoms with Crippen molar-refractivity contribution in [3.05, 3.63) is 41.0 Å². The number of nitrogens with zero attached hydrogens (tertiary/aromatic N) is 1. The molecular weight excluding hydrogens is 245 g/mol. The van der Waals surface area contributed by atoms with Crippen molar-refractivity contribution in [1.29, 1.82) is 0 Å². The van der Waals surface area contributed by atoms with Gasteiger partial charge in [-0.15, -0.1) is 0 Å². The van der Waals surface area contributed by atoms with Crippen molar-refractivity contribution in [2.24, 2.45) is 0 Å². The number of hydrogen-bond acceptors (Lipinski definition) is 1. The minimum Gasteiger partial charge on any atom is -0.341 e. The lowest BCUT2D eigenvalue weighted by Gasteiger charge is -2.07. The average molecular weight is 261 g/mol. The first kappa shape index (κ1) is 13.0. The molecule has 3 heteroatoms. The predicted octanol–water partition coefficient (Wildman–Crippen LogP) is 3.04. The molecule has 1 aromatic heterocycles. The fourth-order valence-electron chi connectivity index (χ4n) is 3.13. The van der Waals surface area contributed by atoms with E-state index in [4.69, 9.17) is 7.85 Å². The highest BCUT2D eigenvalue weighted by Crippen LogP contribution is 2.32. The Morgan fingerprint density at radius 3 is 2.55 bits per heavy atom. The molecule has 0 unspecified atom stereocenters. The van der Waals surface area contributed by atoms with E-state index in [0.29, 0.717) is 11.0 Å². The Hall–Kier alpha value is -2.03. The van der Waals surface area contributed by atoms with Crippen LogP contribution in [0.4, 0.5) is 0 Å². The van der Waals surface area contributed by atoms with Crippen LogP contribution in [0.3, 0.4) is 0 Å². The molecule has 0 fully saturated rings. The van der Waals surface area contributed by atoms with Crippen molar-refractivity contribution in [3.63, 3.8) is 0 Å². The molecule has 0 bridgehead atoms. The van der Waals surface area contributed by atoms with Gasteiger partial charge in [0, 0.05) is 28.4 Å². The molecule has 20 heavy (non-hydrogen) atoms. The molecule has 98 valence electrons. The fraction of sp³-hybridized carbons (Fsp3) is 0.235. The van der Waals surface area contributed by atoms with Crippen molar-refractivity contribution >= 4 is 41.4 Å². The third kappa shape index (κ3) is 1.69. The Labute approximate surface area is 119 Å². The topological polar surface area (TPSA) is 22.0 Å². The predicted molar refractivity (Wildman–Crippen MR) is 85.4 cm³/mol. The quantitative estimate of drug-likeness (QED) is 0.513. The van der Waals surface area contributed by atoms with Crippen LogP contribution < -0.4 is 5.46 Å². The first-order chi connectivity index (χ1) is 9.56. The van der Waals surface area contributed by atoms with Crippen LogP contribution in [0.25, 0.3) is 21.8 Å². The zero-order chi connectivity index (χ0) is 14.4. The van der Waals surface area contributed by atoms with Crippen LogP contribution >= 0.6 is 0 Å². The summed E-state index contributed by atoms with van der Waals surface area (Å²) in [7, 11) is 5.97. The van der Waals surface area contributed by atoms with E-state index in [1.807, 2.05) is 12.1 Å². The van der Waals surface area contributed by atoms with Crippen molar-refractivity contribution in [3.8, 4) is 0 Å². The van der Waals surface area contributed by atoms with Crippen LogP contribution in [0, 0.1) is 13.8 Å². The Kier molecular flexibility index (Phi) is 2.93. The molecule has 0 aliphatic heterocycles. The second kappa shape index (κ2) is 4.52. The van der Waals surface area contributed by atoms with Crippen LogP contribution in [0.2, 0.25) is 0 Å². The highest BCUT2D eigenvalue weighted by Gasteiger charge is 2.13. The number of aldehydes is 1. The van der Waals surface area contributed by atoms with Crippen molar-refractivity contribution < 1.29 is 4.79 Å². The first-order valence-corrected chi connectivity index (χ1v) is 6.84. The van der Waals surface area contributed by atoms with E-state index in [0.717, 1.165) is 23.7 Å². The summed E-state index contributed by atoms with van der Waals surface area (Å²) in [5.41, 5.74) is 5.92. The highest BCUT2D eigenvalue weighted by molar-refractivity contribution is 6.37. The maximum atomic E-state index is 11.1. The monoisotopic (exact) mass is 261 g/mol. The van der Waals surface area contributed by atoms with Crippen LogP contribution in [-0.2, 0) is 6.54 Å². The summed E-state index contributed by atoms with van der Waals surface area (Å²) in [5, 5.41) is 2.30. The lowest BCUT2D eigenvalue weighted by Crippen LogP contribution is -2.10. The third-order valence-electron chi connectivity index (χ3n) is 3.94. The van der Waals surface area contributed by atoms with Crippen molar-refractivity contribution in [1.82, 2.24) is 4.57 Å². The van der Waals surface area contributed by atoms with E-state index in [9.17, 15) is 4.79 Å². The molecule has 0 aliphatic rings. The molecule has 3 aromatic rings. The first-order valence-electron chi connectivity index (χ1n) is 6.84. The van der Waals surface area contributed by atoms with Crippen LogP contribution in [-0.4, -0.2) is 18.7 Å². The number of aromatic nitrogens is 1. The van der Waals surface area contributed by atoms with Crippen LogP contribution in [0.5, 0.6) is 0 Å². The van der Waals surface area contributed by atoms with Crippen LogP contribution in [0.15, 0.2) is 24.3 Å². The van der Waals surface area contributed by atoms with E-state index in [1.165, 1.54) is 22.0 Å². The van der Waals surface area contributed by atoms with Gasteiger partial charge in [0.25, 0.3) is 0 Å². The summed E-state index contributed by atoms with van der Waals surface area (Å²) < 4.78 is 2.27. The molecule has 0 saturated carbocycles. The maximum absolute atomic E-state index is 11.1. The number of rotatable bonds is 2. The summed E-state index contributed by atoms with van der Waals surface area (Å²) >= 11 is 0. The Bertz CT molecular complexity index is 845. The molecular formula is C17H16BNO. The molecule has 0 atom stereocenters. The van der Waals surface area contributed by atoms with E-state index in [-0.39, 0.29) is 0 Å². The minimum absolute atomic E-state index is 0.541. The number of fused-ring (bicyclic) bond motifs is 3. The summed E-state index contributed by atoms with van der Waals surface area (Å²) in [6.45, 7) is 7.23. The summed E-state index contributed by atoms with van der Waals surface area (Å²) in [6, 6.07) is 8.20. The molecule has 0 amide bonds. The molecule has 2 aromatic carbocycles. The smallest absolute Gasteiger partial charge is 0.149 e. The van der Waals surface area contributed by atoms with Gasteiger partial charge in [0.2, 0.25) is 0 Å². The lowest BCUT2D eigenvalue weighted by molar-refractivity contribution is 0.112. The van der Waals surface area contributed by atoms with Gasteiger partial charge >= 0.3 is 0 Å². The van der Waals surface area contributed by atoms with E-state index in [2.05, 4.69) is 37.5 Å². The van der Waals surface area contributed by atoms with Crippen molar-refractivity contribution in [2.75, 3.05) is 0 Å². The Balaban J connectivity index is 2.60. The Morgan fingerprint density at radius 2 is 1.90 bits per heavy atom. The SMILES string of the molecule is [B]c1cc2c(cc1C=O)c1cc(C)cc(C)c1n2CC. The molecule has 0 spiro atoms. The maximum Gasteiger partial charge on any atom is 0.149 e. The van der Waals surface area contributed by atoms with Gasteiger partial charge in [-0.1, -0.05) is 17.1 Å². The normalized spacial score (nSPS) is 11.3. The van der Waals surface area contributed by atoms with Gasteiger partial charge in [-0.3, -0.25) is 4.79 Å². The van der Waals surface area contributed by atoms with Crippen LogP contribution in [0.1, 0.15) is 28.4 Å². The van der Waals surface area contributed by atoms with Gasteiger partial charge in [-0.2, -0.15) is 0 Å². The molecule has 0 N–H and O–H groups in total. The molecule has 3 rings (SSSR count). The number of carbonyl (C=O) groups is 1. The summed E-state index contributed by atoms with van der Waals surface area (Å²) in [6.07, 6.45) is 0.826. The summed E-state index contributed by atoms with van der Waals surface area (Å²) in [5.74, 6) is 0. The number of hydrogen-bond donors (Lipinski definition) is 0. The number of benzene rings is 2. The molecule has 1 heterocycles. The second-order valence-electron chi connectivity index (χ2n) is 5.34. The molecule has 0 aliphatic carbocycles. The van der Waals surface area contributed by atoms with E-state index < -0.39 is 0 Å². The van der Waals surface area contributed by atoms with E-state index in [1.54, 1.807) is 0 Å². The Morgan fingerprint density at radius 1 is 1.15 bits per heavy atom. The number of carbonyl (C=O) groups excluding carboxylic acids is 1. The molecule has 2 radical (unpaired) electrons. The fourth-order valence-corrected chi connectivity index (χ4v) is 3.13. The lowest BCUT2D eigenvalue weighted by atomic mass is 9.89. The number of aryl methyl sites for hydroxylation is 3. The van der Waals surface area contributed by atoms with E-state index >= 15 is 0 Å². The largest absolute Gasteiger partial charge is 0.341 e. The standard InChI is InChI=1S/C17H16BNO/c1-4-19-16-8-15(18)12(9-20)7-13(16)14-6-10(2)5-11(3)17(14)19/h5-9H,4H2,1-3H3. The third-order valence-corrected chi connectivity index (χ3v) is 3.94. The molecule has 2 nitrogen and oxygen atoms in total. The van der Waals surface area contributed by atoms with Crippen molar-refractivity contribution in [2.45, 2.75) is 27.3 Å². The molecule has 0 saturated heterocycles. The van der Waals surface area contributed by atoms with Gasteiger partial charge in [-0.25, -0.2) is 0 Å². The van der Waals surface area contributed by atoms with Gasteiger partial charge < -0.3 is 4.57 Å². The van der Waals surface area contributed by atoms with Gasteiger partial charge in [-0.05, 0) is 44.5 Å². The van der Waals surface area contributed by atoms with Gasteiger partial charge in [0.05, 0.1) is 5.52 Å². The van der Waals surface area contributed by atoms with Gasteiger partial charge in [0.15, 0.2) is 0 Å². The second-order valence-corrected chi connectivity index (χ2v) is 5.34.